The van der Waals surface area contributed by atoms with Gasteiger partial charge in [0.1, 0.15) is 10.1 Å². The number of carbonyl (C=O) groups excluding carboxylic acids is 2. The third-order valence-electron chi connectivity index (χ3n) is 4.50. The summed E-state index contributed by atoms with van der Waals surface area (Å²) >= 11 is 6.24. The minimum atomic E-state index is -0.225. The molecule has 8 heteroatoms. The highest BCUT2D eigenvalue weighted by Crippen LogP contribution is 2.35. The zero-order chi connectivity index (χ0) is 20.4. The van der Waals surface area contributed by atoms with Crippen molar-refractivity contribution >= 4 is 51.9 Å². The van der Waals surface area contributed by atoms with Gasteiger partial charge in [-0.15, -0.1) is 0 Å². The second-order valence-corrected chi connectivity index (χ2v) is 8.15. The third kappa shape index (κ3) is 4.01. The normalized spacial score (nSPS) is 17.2. The smallest absolute Gasteiger partial charge is 0.263 e. The Balaban J connectivity index is 1.70. The molecule has 2 heterocycles. The first-order chi connectivity index (χ1) is 14.0. The number of anilines is 1. The lowest BCUT2D eigenvalue weighted by Gasteiger charge is -2.22. The minimum absolute atomic E-state index is 0.166. The van der Waals surface area contributed by atoms with Gasteiger partial charge >= 0.3 is 0 Å². The minimum Gasteiger partial charge on any atom is -0.491 e. The molecule has 0 aromatic heterocycles. The highest BCUT2D eigenvalue weighted by Gasteiger charge is 2.25. The third-order valence-corrected chi connectivity index (χ3v) is 5.67. The van der Waals surface area contributed by atoms with Crippen molar-refractivity contribution in [2.24, 2.45) is 0 Å². The number of ether oxygens (including phenoxy) is 1. The van der Waals surface area contributed by atoms with Crippen molar-refractivity contribution in [3.8, 4) is 11.8 Å². The molecule has 0 radical (unpaired) electrons. The number of hydrogen-bond acceptors (Lipinski definition) is 6. The number of thiocarbonyl (C=S) groups is 1. The molecule has 2 aromatic rings. The first-order valence-corrected chi connectivity index (χ1v) is 10.1. The van der Waals surface area contributed by atoms with Gasteiger partial charge in [0.15, 0.2) is 0 Å². The van der Waals surface area contributed by atoms with Gasteiger partial charge in [-0.2, -0.15) is 5.26 Å². The summed E-state index contributed by atoms with van der Waals surface area (Å²) in [5, 5.41) is 11.6. The van der Waals surface area contributed by atoms with Crippen LogP contribution in [0, 0.1) is 11.3 Å². The molecule has 29 heavy (non-hydrogen) atoms. The van der Waals surface area contributed by atoms with Crippen LogP contribution in [0.25, 0.3) is 6.08 Å². The summed E-state index contributed by atoms with van der Waals surface area (Å²) in [7, 11) is 0. The van der Waals surface area contributed by atoms with E-state index in [2.05, 4.69) is 11.4 Å². The Morgan fingerprint density at radius 1 is 1.28 bits per heavy atom. The summed E-state index contributed by atoms with van der Waals surface area (Å²) in [4.78, 5) is 27.3. The van der Waals surface area contributed by atoms with E-state index in [1.54, 1.807) is 35.2 Å². The van der Waals surface area contributed by atoms with Crippen LogP contribution in [0.2, 0.25) is 0 Å². The Morgan fingerprint density at radius 3 is 2.76 bits per heavy atom. The maximum atomic E-state index is 13.2. The number of thioether (sulfide) groups is 1. The van der Waals surface area contributed by atoms with E-state index in [1.807, 2.05) is 18.2 Å². The highest BCUT2D eigenvalue weighted by molar-refractivity contribution is 8.26. The number of benzene rings is 2. The largest absolute Gasteiger partial charge is 0.491 e. The summed E-state index contributed by atoms with van der Waals surface area (Å²) in [6.07, 6.45) is 2.44. The molecule has 0 bridgehead atoms. The summed E-state index contributed by atoms with van der Waals surface area (Å²) in [5.74, 6) is 0.225. The van der Waals surface area contributed by atoms with Crippen molar-refractivity contribution in [2.45, 2.75) is 6.42 Å². The van der Waals surface area contributed by atoms with Crippen molar-refractivity contribution < 1.29 is 14.3 Å². The lowest BCUT2D eigenvalue weighted by Crippen LogP contribution is -2.31. The van der Waals surface area contributed by atoms with Gasteiger partial charge in [0.25, 0.3) is 11.8 Å². The molecule has 144 valence electrons. The summed E-state index contributed by atoms with van der Waals surface area (Å²) in [6.45, 7) is 1.02. The fraction of sp³-hybridized carbons (Fsp3) is 0.143. The Morgan fingerprint density at radius 2 is 2.07 bits per heavy atom. The van der Waals surface area contributed by atoms with Gasteiger partial charge in [-0.1, -0.05) is 30.0 Å². The van der Waals surface area contributed by atoms with Crippen LogP contribution in [0.4, 0.5) is 5.69 Å². The highest BCUT2D eigenvalue weighted by atomic mass is 32.2. The van der Waals surface area contributed by atoms with Gasteiger partial charge in [-0.05, 0) is 54.5 Å². The Kier molecular flexibility index (Phi) is 5.34. The van der Waals surface area contributed by atoms with E-state index in [4.69, 9.17) is 22.2 Å². The van der Waals surface area contributed by atoms with Gasteiger partial charge in [-0.25, -0.2) is 0 Å². The maximum absolute atomic E-state index is 13.2. The molecule has 2 amide bonds. The van der Waals surface area contributed by atoms with Gasteiger partial charge in [0, 0.05) is 12.1 Å². The van der Waals surface area contributed by atoms with E-state index in [0.29, 0.717) is 51.4 Å². The lowest BCUT2D eigenvalue weighted by atomic mass is 10.1. The van der Waals surface area contributed by atoms with E-state index < -0.39 is 0 Å². The maximum Gasteiger partial charge on any atom is 0.263 e. The number of fused-ring (bicyclic) bond motifs is 1. The van der Waals surface area contributed by atoms with Crippen LogP contribution in [0.1, 0.15) is 27.9 Å². The summed E-state index contributed by atoms with van der Waals surface area (Å²) in [6, 6.07) is 14.1. The molecule has 1 saturated heterocycles. The van der Waals surface area contributed by atoms with Crippen LogP contribution >= 0.6 is 24.0 Å². The molecule has 1 fully saturated rings. The van der Waals surface area contributed by atoms with E-state index in [0.717, 1.165) is 5.56 Å². The van der Waals surface area contributed by atoms with Crippen molar-refractivity contribution in [3.05, 3.63) is 64.1 Å². The zero-order valence-electron chi connectivity index (χ0n) is 15.2. The topological polar surface area (TPSA) is 82.4 Å². The Labute approximate surface area is 177 Å². The fourth-order valence-corrected chi connectivity index (χ4v) is 4.15. The van der Waals surface area contributed by atoms with Crippen LogP contribution in [-0.2, 0) is 4.79 Å². The number of nitrogens with one attached hydrogen (secondary N) is 1. The van der Waals surface area contributed by atoms with Crippen molar-refractivity contribution in [3.63, 3.8) is 0 Å². The van der Waals surface area contributed by atoms with Crippen LogP contribution in [0.15, 0.2) is 47.4 Å². The lowest BCUT2D eigenvalue weighted by molar-refractivity contribution is -0.115. The first kappa shape index (κ1) is 19.2. The van der Waals surface area contributed by atoms with Crippen LogP contribution in [0.3, 0.4) is 0 Å². The molecule has 6 nitrogen and oxygen atoms in total. The molecule has 1 N–H and O–H groups in total. The van der Waals surface area contributed by atoms with Crippen molar-refractivity contribution in [1.82, 2.24) is 5.32 Å². The van der Waals surface area contributed by atoms with E-state index >= 15 is 0 Å². The number of amides is 2. The molecule has 0 aliphatic carbocycles. The zero-order valence-corrected chi connectivity index (χ0v) is 16.8. The molecule has 0 unspecified atom stereocenters. The van der Waals surface area contributed by atoms with Gasteiger partial charge in [0.05, 0.1) is 28.8 Å². The summed E-state index contributed by atoms with van der Waals surface area (Å²) < 4.78 is 6.23. The number of rotatable bonds is 2. The number of nitrogens with zero attached hydrogens (tertiary/aromatic N) is 2. The summed E-state index contributed by atoms with van der Waals surface area (Å²) in [5.41, 5.74) is 2.42. The van der Waals surface area contributed by atoms with Gasteiger partial charge in [0.2, 0.25) is 0 Å². The van der Waals surface area contributed by atoms with Gasteiger partial charge in [-0.3, -0.25) is 9.59 Å². The molecule has 2 aromatic carbocycles. The van der Waals surface area contributed by atoms with Crippen LogP contribution in [-0.4, -0.2) is 29.3 Å². The second kappa shape index (κ2) is 8.07. The molecular weight excluding hydrogens is 406 g/mol. The molecule has 0 spiro atoms. The van der Waals surface area contributed by atoms with E-state index in [1.165, 1.54) is 11.8 Å². The average Bonchev–Trinajstić information content (AvgIpc) is 2.92. The van der Waals surface area contributed by atoms with Crippen molar-refractivity contribution in [2.75, 3.05) is 18.1 Å². The predicted molar refractivity (Wildman–Crippen MR) is 116 cm³/mol. The van der Waals surface area contributed by atoms with E-state index in [9.17, 15) is 9.59 Å². The molecular formula is C21H15N3O3S2. The number of nitriles is 1. The average molecular weight is 422 g/mol. The molecule has 0 atom stereocenters. The SMILES string of the molecule is N#Cc1ccc(C(=O)N2CCCOc3ccc(/C=C4/SC(=S)NC4=O)cc32)cc1. The molecule has 2 aliphatic heterocycles. The predicted octanol–water partition coefficient (Wildman–Crippen LogP) is 3.48. The molecule has 2 aliphatic rings. The number of hydrogen-bond donors (Lipinski definition) is 1. The van der Waals surface area contributed by atoms with Crippen LogP contribution in [0.5, 0.6) is 5.75 Å². The molecule has 4 rings (SSSR count). The monoisotopic (exact) mass is 421 g/mol. The Bertz CT molecular complexity index is 1090. The fourth-order valence-electron chi connectivity index (χ4n) is 3.11. The Hall–Kier alpha value is -3.15. The van der Waals surface area contributed by atoms with Gasteiger partial charge < -0.3 is 15.0 Å². The van der Waals surface area contributed by atoms with Crippen LogP contribution < -0.4 is 15.0 Å². The quantitative estimate of drug-likeness (QED) is 0.591. The van der Waals surface area contributed by atoms with Crippen molar-refractivity contribution in [1.29, 1.82) is 5.26 Å². The first-order valence-electron chi connectivity index (χ1n) is 8.89. The standard InChI is InChI=1S/C21H15N3O3S2/c22-12-13-2-5-15(6-3-13)20(26)24-8-1-9-27-17-7-4-14(10-16(17)24)11-18-19(25)23-21(28)29-18/h2-7,10-11H,1,8-9H2,(H,23,25,28)/b18-11+. The molecule has 0 saturated carbocycles. The number of carbonyl (C=O) groups is 2. The van der Waals surface area contributed by atoms with E-state index in [-0.39, 0.29) is 11.8 Å². The second-order valence-electron chi connectivity index (χ2n) is 6.43.